The average Bonchev–Trinajstić information content (AvgIpc) is 2.30. The molecule has 21 heavy (non-hydrogen) atoms. The maximum absolute atomic E-state index is 13.2. The smallest absolute Gasteiger partial charge is 0.345 e. The molecule has 5 nitrogen and oxygen atoms in total. The molecule has 0 N–H and O–H groups in total. The van der Waals surface area contributed by atoms with E-state index >= 15 is 0 Å². The van der Waals surface area contributed by atoms with Gasteiger partial charge in [0.2, 0.25) is 0 Å². The van der Waals surface area contributed by atoms with Crippen LogP contribution < -0.4 is 0 Å². The maximum Gasteiger partial charge on any atom is 0.345 e. The molecule has 1 aromatic rings. The Labute approximate surface area is 118 Å². The van der Waals surface area contributed by atoms with Crippen LogP contribution in [0.15, 0.2) is 12.1 Å². The van der Waals surface area contributed by atoms with Crippen LogP contribution in [0.3, 0.4) is 0 Å². The highest BCUT2D eigenvalue weighted by atomic mass is 32.2. The predicted molar refractivity (Wildman–Crippen MR) is 65.2 cm³/mol. The summed E-state index contributed by atoms with van der Waals surface area (Å²) in [5.41, 5.74) is -1.04. The predicted octanol–water partition coefficient (Wildman–Crippen LogP) is 1.24. The van der Waals surface area contributed by atoms with Gasteiger partial charge in [0.1, 0.15) is 29.6 Å². The van der Waals surface area contributed by atoms with E-state index in [0.717, 1.165) is 6.26 Å². The van der Waals surface area contributed by atoms with Crippen LogP contribution in [0.1, 0.15) is 10.4 Å². The molecule has 0 aliphatic carbocycles. The van der Waals surface area contributed by atoms with Crippen molar-refractivity contribution in [3.8, 4) is 11.8 Å². The molecule has 0 saturated heterocycles. The van der Waals surface area contributed by atoms with E-state index in [9.17, 15) is 26.4 Å². The second-order valence-corrected chi connectivity index (χ2v) is 5.28. The van der Waals surface area contributed by atoms with Crippen molar-refractivity contribution in [1.82, 2.24) is 0 Å². The molecule has 114 valence electrons. The Balaban J connectivity index is 2.58. The lowest BCUT2D eigenvalue weighted by Gasteiger charge is -2.04. The van der Waals surface area contributed by atoms with Crippen molar-refractivity contribution in [2.45, 2.75) is 0 Å². The fourth-order valence-electron chi connectivity index (χ4n) is 1.15. The third-order valence-corrected chi connectivity index (χ3v) is 2.50. The average molecular weight is 322 g/mol. The van der Waals surface area contributed by atoms with Crippen molar-refractivity contribution < 1.29 is 35.3 Å². The SMILES string of the molecule is CS(=O)(=O)OCC#CCOC(=O)c1c(F)cc(F)cc1F. The van der Waals surface area contributed by atoms with E-state index in [1.807, 2.05) is 0 Å². The lowest BCUT2D eigenvalue weighted by Crippen LogP contribution is -2.11. The number of ether oxygens (including phenoxy) is 1. The number of carbonyl (C=O) groups is 1. The van der Waals surface area contributed by atoms with Crippen molar-refractivity contribution in [2.75, 3.05) is 19.5 Å². The summed E-state index contributed by atoms with van der Waals surface area (Å²) in [5.74, 6) is -0.902. The minimum Gasteiger partial charge on any atom is -0.449 e. The van der Waals surface area contributed by atoms with Gasteiger partial charge >= 0.3 is 5.97 Å². The number of carbonyl (C=O) groups excluding carboxylic acids is 1. The standard InChI is InChI=1S/C12H9F3O5S/c1-21(17,18)20-5-3-2-4-19-12(16)11-9(14)6-8(13)7-10(11)15/h6-7H,4-5H2,1H3. The van der Waals surface area contributed by atoms with E-state index in [1.165, 1.54) is 0 Å². The molecule has 0 aliphatic rings. The number of esters is 1. The minimum atomic E-state index is -3.63. The van der Waals surface area contributed by atoms with Crippen LogP contribution in [0.2, 0.25) is 0 Å². The molecule has 0 heterocycles. The second-order valence-electron chi connectivity index (χ2n) is 3.64. The Morgan fingerprint density at radius 2 is 1.67 bits per heavy atom. The van der Waals surface area contributed by atoms with Crippen LogP contribution >= 0.6 is 0 Å². The minimum absolute atomic E-state index is 0.339. The van der Waals surface area contributed by atoms with Gasteiger partial charge < -0.3 is 4.74 Å². The summed E-state index contributed by atoms with van der Waals surface area (Å²) in [6.45, 7) is -0.988. The van der Waals surface area contributed by atoms with Crippen LogP contribution in [-0.4, -0.2) is 33.9 Å². The Bertz CT molecular complexity index is 680. The number of rotatable bonds is 4. The maximum atomic E-state index is 13.2. The third-order valence-electron chi connectivity index (χ3n) is 1.96. The lowest BCUT2D eigenvalue weighted by atomic mass is 10.2. The monoisotopic (exact) mass is 322 g/mol. The van der Waals surface area contributed by atoms with Gasteiger partial charge in [0.25, 0.3) is 10.1 Å². The fourth-order valence-corrected chi connectivity index (χ4v) is 1.42. The molecule has 0 aromatic heterocycles. The second kappa shape index (κ2) is 7.10. The molecule has 0 aliphatic heterocycles. The van der Waals surface area contributed by atoms with Crippen molar-refractivity contribution in [3.05, 3.63) is 35.1 Å². The quantitative estimate of drug-likeness (QED) is 0.474. The van der Waals surface area contributed by atoms with E-state index < -0.39 is 52.3 Å². The van der Waals surface area contributed by atoms with E-state index in [2.05, 4.69) is 20.8 Å². The Kier molecular flexibility index (Phi) is 5.75. The van der Waals surface area contributed by atoms with E-state index in [0.29, 0.717) is 12.1 Å². The van der Waals surface area contributed by atoms with E-state index in [4.69, 9.17) is 0 Å². The molecule has 0 amide bonds. The molecular weight excluding hydrogens is 313 g/mol. The van der Waals surface area contributed by atoms with Gasteiger partial charge in [-0.05, 0) is 0 Å². The zero-order valence-electron chi connectivity index (χ0n) is 10.7. The topological polar surface area (TPSA) is 69.7 Å². The van der Waals surface area contributed by atoms with Crippen LogP contribution in [0, 0.1) is 29.3 Å². The Morgan fingerprint density at radius 1 is 1.14 bits per heavy atom. The largest absolute Gasteiger partial charge is 0.449 e. The van der Waals surface area contributed by atoms with Crippen LogP contribution in [0.5, 0.6) is 0 Å². The molecule has 0 bridgehead atoms. The first-order valence-corrected chi connectivity index (χ1v) is 7.14. The van der Waals surface area contributed by atoms with Gasteiger partial charge in [-0.25, -0.2) is 18.0 Å². The molecule has 1 rings (SSSR count). The summed E-state index contributed by atoms with van der Waals surface area (Å²) in [4.78, 5) is 11.4. The summed E-state index contributed by atoms with van der Waals surface area (Å²) in [6, 6.07) is 0.677. The molecule has 1 aromatic carbocycles. The van der Waals surface area contributed by atoms with Crippen LogP contribution in [0.4, 0.5) is 13.2 Å². The van der Waals surface area contributed by atoms with Gasteiger partial charge in [0.15, 0.2) is 6.61 Å². The summed E-state index contributed by atoms with van der Waals surface area (Å²) < 4.78 is 68.9. The van der Waals surface area contributed by atoms with Gasteiger partial charge in [-0.2, -0.15) is 8.42 Å². The lowest BCUT2D eigenvalue weighted by molar-refractivity contribution is 0.0545. The molecule has 0 fully saturated rings. The first kappa shape index (κ1) is 17.0. The van der Waals surface area contributed by atoms with E-state index in [-0.39, 0.29) is 0 Å². The molecular formula is C12H9F3O5S. The number of hydrogen-bond acceptors (Lipinski definition) is 5. The van der Waals surface area contributed by atoms with Gasteiger partial charge in [-0.15, -0.1) is 0 Å². The first-order chi connectivity index (χ1) is 9.70. The number of benzene rings is 1. The van der Waals surface area contributed by atoms with Crippen molar-refractivity contribution in [3.63, 3.8) is 0 Å². The molecule has 0 radical (unpaired) electrons. The van der Waals surface area contributed by atoms with Crippen LogP contribution in [0.25, 0.3) is 0 Å². The summed E-state index contributed by atoms with van der Waals surface area (Å²) in [6.07, 6.45) is 0.828. The molecule has 0 spiro atoms. The molecule has 0 atom stereocenters. The van der Waals surface area contributed by atoms with Gasteiger partial charge in [-0.1, -0.05) is 11.8 Å². The van der Waals surface area contributed by atoms with Gasteiger partial charge in [0, 0.05) is 12.1 Å². The highest BCUT2D eigenvalue weighted by molar-refractivity contribution is 7.85. The summed E-state index contributed by atoms with van der Waals surface area (Å²) in [7, 11) is -3.63. The number of hydrogen-bond donors (Lipinski definition) is 0. The highest BCUT2D eigenvalue weighted by Crippen LogP contribution is 2.15. The first-order valence-electron chi connectivity index (χ1n) is 5.32. The fraction of sp³-hybridized carbons (Fsp3) is 0.250. The molecule has 0 unspecified atom stereocenters. The zero-order valence-corrected chi connectivity index (χ0v) is 11.5. The van der Waals surface area contributed by atoms with Crippen LogP contribution in [-0.2, 0) is 19.0 Å². The van der Waals surface area contributed by atoms with Gasteiger partial charge in [-0.3, -0.25) is 4.18 Å². The Morgan fingerprint density at radius 3 is 2.19 bits per heavy atom. The van der Waals surface area contributed by atoms with Gasteiger partial charge in [0.05, 0.1) is 6.26 Å². The number of halogens is 3. The zero-order chi connectivity index (χ0) is 16.0. The van der Waals surface area contributed by atoms with E-state index in [1.54, 1.807) is 0 Å². The highest BCUT2D eigenvalue weighted by Gasteiger charge is 2.20. The Hall–Kier alpha value is -2.05. The summed E-state index contributed by atoms with van der Waals surface area (Å²) >= 11 is 0. The molecule has 0 saturated carbocycles. The summed E-state index contributed by atoms with van der Waals surface area (Å²) in [5, 5.41) is 0. The van der Waals surface area contributed by atoms with Crippen molar-refractivity contribution in [1.29, 1.82) is 0 Å². The third kappa shape index (κ3) is 5.85. The molecule has 9 heteroatoms. The van der Waals surface area contributed by atoms with Crippen molar-refractivity contribution in [2.24, 2.45) is 0 Å². The normalized spacial score (nSPS) is 10.7. The van der Waals surface area contributed by atoms with Crippen molar-refractivity contribution >= 4 is 16.1 Å².